The molecule has 0 bridgehead atoms. The van der Waals surface area contributed by atoms with Crippen LogP contribution in [0.2, 0.25) is 0 Å². The number of hydrogen-bond donors (Lipinski definition) is 2. The molecular formula is C27H36N4O4. The Labute approximate surface area is 207 Å². The fourth-order valence-electron chi connectivity index (χ4n) is 4.47. The summed E-state index contributed by atoms with van der Waals surface area (Å²) in [6, 6.07) is 12.2. The van der Waals surface area contributed by atoms with Crippen molar-refractivity contribution in [2.75, 3.05) is 25.6 Å². The second-order valence-electron chi connectivity index (χ2n) is 8.95. The number of anilines is 1. The SMILES string of the molecule is COCCNC(=O)[C@@H](c1ccc(C)cc1)N(C(=O)CCC(=O)Nc1ccccn1)C1CCCCC1. The number of benzene rings is 1. The molecule has 2 aromatic rings. The summed E-state index contributed by atoms with van der Waals surface area (Å²) < 4.78 is 5.09. The number of aryl methyl sites for hydroxylation is 1. The number of aromatic nitrogens is 1. The van der Waals surface area contributed by atoms with Gasteiger partial charge in [0.1, 0.15) is 11.9 Å². The second kappa shape index (κ2) is 13.6. The van der Waals surface area contributed by atoms with Gasteiger partial charge in [-0.1, -0.05) is 55.2 Å². The molecule has 1 aliphatic carbocycles. The normalized spacial score (nSPS) is 14.7. The van der Waals surface area contributed by atoms with Crippen molar-refractivity contribution in [1.82, 2.24) is 15.2 Å². The van der Waals surface area contributed by atoms with Crippen LogP contribution in [-0.2, 0) is 19.1 Å². The number of rotatable bonds is 11. The minimum Gasteiger partial charge on any atom is -0.383 e. The Morgan fingerprint density at radius 3 is 2.46 bits per heavy atom. The lowest BCUT2D eigenvalue weighted by atomic mass is 9.91. The zero-order chi connectivity index (χ0) is 25.0. The van der Waals surface area contributed by atoms with Gasteiger partial charge in [-0.15, -0.1) is 0 Å². The topological polar surface area (TPSA) is 101 Å². The molecule has 1 aliphatic rings. The fraction of sp³-hybridized carbons (Fsp3) is 0.481. The molecule has 1 atom stereocenters. The quantitative estimate of drug-likeness (QED) is 0.477. The standard InChI is InChI=1S/C27H36N4O4/c1-20-11-13-21(14-12-20)26(27(34)29-18-19-35-2)31(22-8-4-3-5-9-22)25(33)16-15-24(32)30-23-10-6-7-17-28-23/h6-7,10-14,17,22,26H,3-5,8-9,15-16,18-19H2,1-2H3,(H,29,34)(H,28,30,32)/t26-/m1/s1. The van der Waals surface area contributed by atoms with E-state index in [2.05, 4.69) is 15.6 Å². The molecule has 1 fully saturated rings. The maximum atomic E-state index is 13.6. The van der Waals surface area contributed by atoms with E-state index in [4.69, 9.17) is 4.74 Å². The first-order valence-electron chi connectivity index (χ1n) is 12.3. The van der Waals surface area contributed by atoms with Gasteiger partial charge < -0.3 is 20.3 Å². The third kappa shape index (κ3) is 7.89. The number of nitrogens with zero attached hydrogens (tertiary/aromatic N) is 2. The molecule has 2 N–H and O–H groups in total. The van der Waals surface area contributed by atoms with Crippen molar-refractivity contribution in [1.29, 1.82) is 0 Å². The highest BCUT2D eigenvalue weighted by atomic mass is 16.5. The average Bonchev–Trinajstić information content (AvgIpc) is 2.87. The van der Waals surface area contributed by atoms with E-state index in [1.165, 1.54) is 0 Å². The number of carbonyl (C=O) groups is 3. The predicted molar refractivity (Wildman–Crippen MR) is 135 cm³/mol. The summed E-state index contributed by atoms with van der Waals surface area (Å²) in [6.45, 7) is 2.73. The number of nitrogens with one attached hydrogen (secondary N) is 2. The molecule has 0 spiro atoms. The van der Waals surface area contributed by atoms with Crippen molar-refractivity contribution in [2.24, 2.45) is 0 Å². The van der Waals surface area contributed by atoms with Crippen molar-refractivity contribution >= 4 is 23.5 Å². The number of amides is 3. The highest BCUT2D eigenvalue weighted by molar-refractivity contribution is 5.94. The Kier molecular flexibility index (Phi) is 10.2. The molecule has 1 saturated carbocycles. The first-order valence-corrected chi connectivity index (χ1v) is 12.3. The lowest BCUT2D eigenvalue weighted by molar-refractivity contribution is -0.145. The molecule has 0 aliphatic heterocycles. The summed E-state index contributed by atoms with van der Waals surface area (Å²) in [4.78, 5) is 45.4. The molecule has 1 heterocycles. The second-order valence-corrected chi connectivity index (χ2v) is 8.95. The van der Waals surface area contributed by atoms with Crippen LogP contribution in [0.3, 0.4) is 0 Å². The largest absolute Gasteiger partial charge is 0.383 e. The molecule has 0 unspecified atom stereocenters. The smallest absolute Gasteiger partial charge is 0.247 e. The molecule has 0 saturated heterocycles. The van der Waals surface area contributed by atoms with E-state index in [9.17, 15) is 14.4 Å². The van der Waals surface area contributed by atoms with Crippen LogP contribution in [-0.4, -0.2) is 53.9 Å². The molecule has 3 amide bonds. The van der Waals surface area contributed by atoms with Crippen LogP contribution < -0.4 is 10.6 Å². The summed E-state index contributed by atoms with van der Waals surface area (Å²) in [7, 11) is 1.58. The van der Waals surface area contributed by atoms with E-state index in [-0.39, 0.29) is 36.6 Å². The molecule has 35 heavy (non-hydrogen) atoms. The molecule has 3 rings (SSSR count). The number of pyridine rings is 1. The Bertz CT molecular complexity index is 959. The summed E-state index contributed by atoms with van der Waals surface area (Å²) in [5, 5.41) is 5.65. The van der Waals surface area contributed by atoms with Crippen LogP contribution in [0, 0.1) is 6.92 Å². The molecule has 1 aromatic carbocycles. The van der Waals surface area contributed by atoms with Crippen LogP contribution in [0.25, 0.3) is 0 Å². The third-order valence-corrected chi connectivity index (χ3v) is 6.28. The van der Waals surface area contributed by atoms with E-state index in [1.54, 1.807) is 36.4 Å². The molecule has 188 valence electrons. The van der Waals surface area contributed by atoms with Gasteiger partial charge in [0.25, 0.3) is 0 Å². The van der Waals surface area contributed by atoms with Gasteiger partial charge >= 0.3 is 0 Å². The maximum Gasteiger partial charge on any atom is 0.247 e. The van der Waals surface area contributed by atoms with Gasteiger partial charge in [0.2, 0.25) is 17.7 Å². The Hall–Kier alpha value is -3.26. The van der Waals surface area contributed by atoms with Crippen molar-refractivity contribution in [3.8, 4) is 0 Å². The summed E-state index contributed by atoms with van der Waals surface area (Å²) in [6.07, 6.45) is 6.48. The van der Waals surface area contributed by atoms with Crippen LogP contribution in [0.5, 0.6) is 0 Å². The lowest BCUT2D eigenvalue weighted by Gasteiger charge is -2.39. The van der Waals surface area contributed by atoms with E-state index < -0.39 is 6.04 Å². The van der Waals surface area contributed by atoms with Gasteiger partial charge in [0.05, 0.1) is 6.61 Å². The van der Waals surface area contributed by atoms with Crippen LogP contribution >= 0.6 is 0 Å². The number of carbonyl (C=O) groups excluding carboxylic acids is 3. The summed E-state index contributed by atoms with van der Waals surface area (Å²) in [5.41, 5.74) is 1.84. The first kappa shape index (κ1) is 26.3. The minimum atomic E-state index is -0.762. The molecule has 0 radical (unpaired) electrons. The Balaban J connectivity index is 1.81. The van der Waals surface area contributed by atoms with E-state index >= 15 is 0 Å². The minimum absolute atomic E-state index is 0.0167. The van der Waals surface area contributed by atoms with Gasteiger partial charge in [-0.25, -0.2) is 4.98 Å². The number of hydrogen-bond acceptors (Lipinski definition) is 5. The van der Waals surface area contributed by atoms with Crippen molar-refractivity contribution in [3.05, 3.63) is 59.8 Å². The van der Waals surface area contributed by atoms with Gasteiger partial charge in [-0.2, -0.15) is 0 Å². The van der Waals surface area contributed by atoms with Crippen LogP contribution in [0.4, 0.5) is 5.82 Å². The fourth-order valence-corrected chi connectivity index (χ4v) is 4.47. The van der Waals surface area contributed by atoms with Gasteiger partial charge in [-0.3, -0.25) is 14.4 Å². The summed E-state index contributed by atoms with van der Waals surface area (Å²) in [5.74, 6) is -0.260. The highest BCUT2D eigenvalue weighted by Gasteiger charge is 2.36. The number of methoxy groups -OCH3 is 1. The van der Waals surface area contributed by atoms with Crippen molar-refractivity contribution in [2.45, 2.75) is 64.0 Å². The van der Waals surface area contributed by atoms with Crippen molar-refractivity contribution in [3.63, 3.8) is 0 Å². The zero-order valence-electron chi connectivity index (χ0n) is 20.7. The van der Waals surface area contributed by atoms with Gasteiger partial charge in [0, 0.05) is 38.7 Å². The molecule has 8 heteroatoms. The molecule has 1 aromatic heterocycles. The Morgan fingerprint density at radius 1 is 1.06 bits per heavy atom. The van der Waals surface area contributed by atoms with E-state index in [0.717, 1.165) is 43.2 Å². The van der Waals surface area contributed by atoms with Gasteiger partial charge in [0.15, 0.2) is 0 Å². The van der Waals surface area contributed by atoms with Crippen molar-refractivity contribution < 1.29 is 19.1 Å². The van der Waals surface area contributed by atoms with E-state index in [1.807, 2.05) is 31.2 Å². The predicted octanol–water partition coefficient (Wildman–Crippen LogP) is 3.77. The molecular weight excluding hydrogens is 444 g/mol. The Morgan fingerprint density at radius 2 is 1.80 bits per heavy atom. The monoisotopic (exact) mass is 480 g/mol. The first-order chi connectivity index (χ1) is 17.0. The highest BCUT2D eigenvalue weighted by Crippen LogP contribution is 2.32. The number of ether oxygens (including phenoxy) is 1. The molecule has 8 nitrogen and oxygen atoms in total. The van der Waals surface area contributed by atoms with E-state index in [0.29, 0.717) is 19.0 Å². The van der Waals surface area contributed by atoms with Crippen LogP contribution in [0.1, 0.15) is 62.1 Å². The van der Waals surface area contributed by atoms with Crippen LogP contribution in [0.15, 0.2) is 48.7 Å². The average molecular weight is 481 g/mol. The zero-order valence-corrected chi connectivity index (χ0v) is 20.7. The van der Waals surface area contributed by atoms with Gasteiger partial charge in [-0.05, 0) is 37.5 Å². The third-order valence-electron chi connectivity index (χ3n) is 6.28. The maximum absolute atomic E-state index is 13.6. The lowest BCUT2D eigenvalue weighted by Crippen LogP contribution is -2.49. The summed E-state index contributed by atoms with van der Waals surface area (Å²) >= 11 is 0.